The summed E-state index contributed by atoms with van der Waals surface area (Å²) < 4.78 is 8.03. The molecule has 33 heavy (non-hydrogen) atoms. The molecule has 1 fully saturated rings. The fourth-order valence-electron chi connectivity index (χ4n) is 4.94. The van der Waals surface area contributed by atoms with E-state index in [-0.39, 0.29) is 11.8 Å². The average Bonchev–Trinajstić information content (AvgIpc) is 3.16. The molecule has 176 valence electrons. The number of rotatable bonds is 8. The number of anilines is 1. The number of nitrogens with zero attached hydrogens (tertiary/aromatic N) is 3. The summed E-state index contributed by atoms with van der Waals surface area (Å²) in [6.45, 7) is 7.56. The van der Waals surface area contributed by atoms with E-state index in [9.17, 15) is 4.79 Å². The van der Waals surface area contributed by atoms with Crippen molar-refractivity contribution in [2.24, 2.45) is 11.8 Å². The number of benzene rings is 1. The summed E-state index contributed by atoms with van der Waals surface area (Å²) in [5.74, 6) is 1.68. The molecule has 0 radical (unpaired) electrons. The van der Waals surface area contributed by atoms with Gasteiger partial charge in [-0.25, -0.2) is 4.98 Å². The molecule has 0 atom stereocenters. The summed E-state index contributed by atoms with van der Waals surface area (Å²) >= 11 is 0. The predicted molar refractivity (Wildman–Crippen MR) is 135 cm³/mol. The van der Waals surface area contributed by atoms with Gasteiger partial charge in [0.05, 0.1) is 18.5 Å². The number of carbonyl (C=O) groups excluding carboxylic acids is 1. The highest BCUT2D eigenvalue weighted by Gasteiger charge is 2.20. The van der Waals surface area contributed by atoms with Gasteiger partial charge >= 0.3 is 0 Å². The molecule has 1 saturated carbocycles. The maximum absolute atomic E-state index is 12.5. The molecule has 0 aliphatic heterocycles. The lowest BCUT2D eigenvalue weighted by atomic mass is 9.89. The van der Waals surface area contributed by atoms with Crippen molar-refractivity contribution in [3.8, 4) is 5.75 Å². The molecule has 0 bridgehead atoms. The Bertz CT molecular complexity index is 1080. The van der Waals surface area contributed by atoms with Gasteiger partial charge in [-0.05, 0) is 55.5 Å². The maximum Gasteiger partial charge on any atom is 0.229 e. The van der Waals surface area contributed by atoms with Crippen LogP contribution in [0, 0.1) is 11.8 Å². The van der Waals surface area contributed by atoms with Gasteiger partial charge in [-0.15, -0.1) is 0 Å². The lowest BCUT2D eigenvalue weighted by Gasteiger charge is -2.24. The van der Waals surface area contributed by atoms with Crippen LogP contribution in [0.25, 0.3) is 11.0 Å². The summed E-state index contributed by atoms with van der Waals surface area (Å²) in [5, 5.41) is 1.10. The van der Waals surface area contributed by atoms with Gasteiger partial charge in [-0.2, -0.15) is 0 Å². The van der Waals surface area contributed by atoms with Gasteiger partial charge < -0.3 is 14.2 Å². The van der Waals surface area contributed by atoms with E-state index in [4.69, 9.17) is 9.72 Å². The molecule has 1 aliphatic rings. The Balaban J connectivity index is 1.67. The minimum Gasteiger partial charge on any atom is -0.494 e. The highest BCUT2D eigenvalue weighted by atomic mass is 16.5. The van der Waals surface area contributed by atoms with Crippen LogP contribution in [0.4, 0.5) is 5.69 Å². The fourth-order valence-corrected chi connectivity index (χ4v) is 4.94. The topological polar surface area (TPSA) is 47.4 Å². The molecule has 0 spiro atoms. The SMILES string of the molecule is CCOc1ccc(Cc2cc3cc(N(C)C(=O)C(C)C)cnc3n2CC2CCCCC2)cc1. The molecule has 3 aromatic rings. The predicted octanol–water partition coefficient (Wildman–Crippen LogP) is 6.22. The Hall–Kier alpha value is -2.82. The van der Waals surface area contributed by atoms with Gasteiger partial charge in [0.15, 0.2) is 0 Å². The Kier molecular flexibility index (Phi) is 7.36. The number of hydrogen-bond acceptors (Lipinski definition) is 3. The molecular weight excluding hydrogens is 410 g/mol. The Morgan fingerprint density at radius 3 is 2.55 bits per heavy atom. The van der Waals surface area contributed by atoms with Crippen LogP contribution in [0.2, 0.25) is 0 Å². The van der Waals surface area contributed by atoms with E-state index in [2.05, 4.69) is 41.0 Å². The summed E-state index contributed by atoms with van der Waals surface area (Å²) in [6, 6.07) is 12.8. The molecular formula is C28H37N3O2. The zero-order valence-corrected chi connectivity index (χ0v) is 20.5. The molecule has 2 aromatic heterocycles. The number of hydrogen-bond donors (Lipinski definition) is 0. The van der Waals surface area contributed by atoms with Crippen molar-refractivity contribution in [2.75, 3.05) is 18.6 Å². The molecule has 0 saturated heterocycles. The number of pyridine rings is 1. The highest BCUT2D eigenvalue weighted by Crippen LogP contribution is 2.30. The van der Waals surface area contributed by atoms with E-state index in [1.165, 1.54) is 43.4 Å². The number of ether oxygens (including phenoxy) is 1. The minimum atomic E-state index is -0.0446. The lowest BCUT2D eigenvalue weighted by molar-refractivity contribution is -0.121. The van der Waals surface area contributed by atoms with E-state index in [0.29, 0.717) is 12.5 Å². The van der Waals surface area contributed by atoms with E-state index in [1.54, 1.807) is 4.90 Å². The summed E-state index contributed by atoms with van der Waals surface area (Å²) in [4.78, 5) is 19.1. The van der Waals surface area contributed by atoms with Crippen molar-refractivity contribution in [3.63, 3.8) is 0 Å². The van der Waals surface area contributed by atoms with E-state index < -0.39 is 0 Å². The van der Waals surface area contributed by atoms with Crippen LogP contribution in [0.3, 0.4) is 0 Å². The first-order chi connectivity index (χ1) is 16.0. The second-order valence-corrected chi connectivity index (χ2v) is 9.66. The van der Waals surface area contributed by atoms with Crippen LogP contribution < -0.4 is 9.64 Å². The first-order valence-corrected chi connectivity index (χ1v) is 12.4. The molecule has 5 heteroatoms. The normalized spacial score (nSPS) is 14.7. The van der Waals surface area contributed by atoms with Crippen LogP contribution in [0.1, 0.15) is 64.1 Å². The van der Waals surface area contributed by atoms with Gasteiger partial charge in [0.2, 0.25) is 5.91 Å². The minimum absolute atomic E-state index is 0.0446. The van der Waals surface area contributed by atoms with Crippen molar-refractivity contribution in [1.29, 1.82) is 0 Å². The third kappa shape index (κ3) is 5.40. The Morgan fingerprint density at radius 1 is 1.15 bits per heavy atom. The Labute approximate surface area is 197 Å². The van der Waals surface area contributed by atoms with Crippen LogP contribution in [-0.2, 0) is 17.8 Å². The van der Waals surface area contributed by atoms with Gasteiger partial charge in [-0.3, -0.25) is 4.79 Å². The maximum atomic E-state index is 12.5. The first kappa shape index (κ1) is 23.3. The number of fused-ring (bicyclic) bond motifs is 1. The van der Waals surface area contributed by atoms with Crippen LogP contribution in [0.5, 0.6) is 5.75 Å². The monoisotopic (exact) mass is 447 g/mol. The van der Waals surface area contributed by atoms with E-state index >= 15 is 0 Å². The molecule has 5 nitrogen and oxygen atoms in total. The van der Waals surface area contributed by atoms with Crippen molar-refractivity contribution >= 4 is 22.6 Å². The molecule has 2 heterocycles. The van der Waals surface area contributed by atoms with Crippen molar-refractivity contribution in [3.05, 3.63) is 53.9 Å². The Morgan fingerprint density at radius 2 is 1.88 bits per heavy atom. The van der Waals surface area contributed by atoms with E-state index in [0.717, 1.165) is 35.4 Å². The van der Waals surface area contributed by atoms with Crippen molar-refractivity contribution < 1.29 is 9.53 Å². The van der Waals surface area contributed by atoms with Gasteiger partial charge in [0.25, 0.3) is 0 Å². The molecule has 1 aliphatic carbocycles. The van der Waals surface area contributed by atoms with Crippen LogP contribution in [-0.4, -0.2) is 29.1 Å². The second kappa shape index (κ2) is 10.4. The molecule has 0 N–H and O–H groups in total. The van der Waals surface area contributed by atoms with Crippen molar-refractivity contribution in [1.82, 2.24) is 9.55 Å². The zero-order valence-electron chi connectivity index (χ0n) is 20.5. The van der Waals surface area contributed by atoms with Crippen LogP contribution >= 0.6 is 0 Å². The molecule has 1 aromatic carbocycles. The average molecular weight is 448 g/mol. The summed E-state index contributed by atoms with van der Waals surface area (Å²) in [7, 11) is 1.84. The third-order valence-electron chi connectivity index (χ3n) is 6.80. The van der Waals surface area contributed by atoms with E-state index in [1.807, 2.05) is 34.0 Å². The second-order valence-electron chi connectivity index (χ2n) is 9.66. The number of aromatic nitrogens is 2. The van der Waals surface area contributed by atoms with Crippen LogP contribution in [0.15, 0.2) is 42.6 Å². The summed E-state index contributed by atoms with van der Waals surface area (Å²) in [6.07, 6.45) is 9.32. The van der Waals surface area contributed by atoms with Gasteiger partial charge in [0, 0.05) is 37.0 Å². The third-order valence-corrected chi connectivity index (χ3v) is 6.80. The van der Waals surface area contributed by atoms with Gasteiger partial charge in [0.1, 0.15) is 11.4 Å². The number of amides is 1. The van der Waals surface area contributed by atoms with Gasteiger partial charge in [-0.1, -0.05) is 45.2 Å². The molecule has 0 unspecified atom stereocenters. The highest BCUT2D eigenvalue weighted by molar-refractivity contribution is 5.95. The smallest absolute Gasteiger partial charge is 0.229 e. The lowest BCUT2D eigenvalue weighted by Crippen LogP contribution is -2.30. The zero-order chi connectivity index (χ0) is 23.4. The quantitative estimate of drug-likeness (QED) is 0.411. The number of carbonyl (C=O) groups is 1. The molecule has 4 rings (SSSR count). The largest absolute Gasteiger partial charge is 0.494 e. The standard InChI is InChI=1S/C28H37N3O2/c1-5-33-26-13-11-21(12-14-26)15-24-16-23-17-25(30(4)28(32)20(2)3)18-29-27(23)31(24)19-22-9-7-6-8-10-22/h11-14,16-18,20,22H,5-10,15,19H2,1-4H3. The summed E-state index contributed by atoms with van der Waals surface area (Å²) in [5.41, 5.74) is 4.42. The van der Waals surface area contributed by atoms with Crippen molar-refractivity contribution in [2.45, 2.75) is 65.8 Å². The fraction of sp³-hybridized carbons (Fsp3) is 0.500. The molecule has 1 amide bonds. The first-order valence-electron chi connectivity index (χ1n) is 12.4.